The molecule has 0 radical (unpaired) electrons. The lowest BCUT2D eigenvalue weighted by molar-refractivity contribution is -0.138. The molecule has 0 bridgehead atoms. The molecule has 0 spiro atoms. The summed E-state index contributed by atoms with van der Waals surface area (Å²) in [6.07, 6.45) is 0.639. The largest absolute Gasteiger partial charge is 0.481 e. The average molecular weight is 286 g/mol. The Morgan fingerprint density at radius 3 is 2.40 bits per heavy atom. The molecule has 1 unspecified atom stereocenters. The van der Waals surface area contributed by atoms with E-state index in [-0.39, 0.29) is 0 Å². The second-order valence-electron chi connectivity index (χ2n) is 4.70. The van der Waals surface area contributed by atoms with Gasteiger partial charge in [0.15, 0.2) is 0 Å². The molecule has 2 aromatic carbocycles. The Morgan fingerprint density at radius 2 is 1.75 bits per heavy atom. The van der Waals surface area contributed by atoms with E-state index in [4.69, 9.17) is 0 Å². The SMILES string of the molecule is Cc1ccccc1C(CCSc1ccccc1)C(=O)O. The van der Waals surface area contributed by atoms with Crippen LogP contribution in [0.1, 0.15) is 23.5 Å². The van der Waals surface area contributed by atoms with Crippen molar-refractivity contribution in [3.8, 4) is 0 Å². The van der Waals surface area contributed by atoms with E-state index in [9.17, 15) is 9.90 Å². The summed E-state index contributed by atoms with van der Waals surface area (Å²) in [5, 5.41) is 9.44. The first-order valence-corrected chi connectivity index (χ1v) is 7.63. The molecule has 0 aliphatic rings. The van der Waals surface area contributed by atoms with Gasteiger partial charge in [0.05, 0.1) is 5.92 Å². The summed E-state index contributed by atoms with van der Waals surface area (Å²) >= 11 is 1.70. The van der Waals surface area contributed by atoms with Crippen molar-refractivity contribution < 1.29 is 9.90 Å². The van der Waals surface area contributed by atoms with Crippen LogP contribution in [-0.2, 0) is 4.79 Å². The Labute approximate surface area is 123 Å². The van der Waals surface area contributed by atoms with Gasteiger partial charge in [-0.15, -0.1) is 11.8 Å². The Hall–Kier alpha value is -1.74. The molecule has 2 rings (SSSR count). The lowest BCUT2D eigenvalue weighted by Crippen LogP contribution is -2.13. The molecule has 0 heterocycles. The van der Waals surface area contributed by atoms with Gasteiger partial charge < -0.3 is 5.11 Å². The Balaban J connectivity index is 2.01. The topological polar surface area (TPSA) is 37.3 Å². The summed E-state index contributed by atoms with van der Waals surface area (Å²) in [5.74, 6) is -0.365. The van der Waals surface area contributed by atoms with E-state index < -0.39 is 11.9 Å². The molecule has 0 saturated carbocycles. The normalized spacial score (nSPS) is 12.1. The van der Waals surface area contributed by atoms with Crippen LogP contribution in [0.15, 0.2) is 59.5 Å². The fourth-order valence-electron chi connectivity index (χ4n) is 2.20. The first-order chi connectivity index (χ1) is 9.68. The van der Waals surface area contributed by atoms with Crippen LogP contribution in [0.4, 0.5) is 0 Å². The molecule has 0 amide bonds. The number of carbonyl (C=O) groups is 1. The van der Waals surface area contributed by atoms with E-state index in [1.54, 1.807) is 11.8 Å². The lowest BCUT2D eigenvalue weighted by atomic mass is 9.93. The number of hydrogen-bond donors (Lipinski definition) is 1. The van der Waals surface area contributed by atoms with Gasteiger partial charge in [0.2, 0.25) is 0 Å². The van der Waals surface area contributed by atoms with Crippen molar-refractivity contribution in [2.75, 3.05) is 5.75 Å². The van der Waals surface area contributed by atoms with Crippen molar-refractivity contribution in [2.45, 2.75) is 24.2 Å². The Bertz CT molecular complexity index is 566. The van der Waals surface area contributed by atoms with Gasteiger partial charge in [-0.05, 0) is 42.4 Å². The zero-order valence-corrected chi connectivity index (χ0v) is 12.3. The van der Waals surface area contributed by atoms with Crippen LogP contribution < -0.4 is 0 Å². The second kappa shape index (κ2) is 7.15. The fourth-order valence-corrected chi connectivity index (χ4v) is 3.14. The highest BCUT2D eigenvalue weighted by Gasteiger charge is 2.20. The molecule has 0 aromatic heterocycles. The van der Waals surface area contributed by atoms with E-state index in [0.29, 0.717) is 6.42 Å². The average Bonchev–Trinajstić information content (AvgIpc) is 2.45. The molecule has 104 valence electrons. The third-order valence-corrected chi connectivity index (χ3v) is 4.33. The summed E-state index contributed by atoms with van der Waals surface area (Å²) in [6, 6.07) is 17.8. The predicted octanol–water partition coefficient (Wildman–Crippen LogP) is 4.35. The van der Waals surface area contributed by atoms with E-state index in [2.05, 4.69) is 0 Å². The number of carboxylic acids is 1. The minimum absolute atomic E-state index is 0.424. The van der Waals surface area contributed by atoms with Crippen LogP contribution in [0.5, 0.6) is 0 Å². The smallest absolute Gasteiger partial charge is 0.311 e. The number of hydrogen-bond acceptors (Lipinski definition) is 2. The van der Waals surface area contributed by atoms with Crippen molar-refractivity contribution in [1.29, 1.82) is 0 Å². The maximum atomic E-state index is 11.5. The van der Waals surface area contributed by atoms with E-state index >= 15 is 0 Å². The first-order valence-electron chi connectivity index (χ1n) is 6.64. The second-order valence-corrected chi connectivity index (χ2v) is 5.87. The number of carboxylic acid groups (broad SMARTS) is 1. The highest BCUT2D eigenvalue weighted by molar-refractivity contribution is 7.99. The van der Waals surface area contributed by atoms with Crippen LogP contribution in [0.3, 0.4) is 0 Å². The summed E-state index contributed by atoms with van der Waals surface area (Å²) in [4.78, 5) is 12.7. The Kier molecular flexibility index (Phi) is 5.24. The molecule has 0 fully saturated rings. The van der Waals surface area contributed by atoms with Gasteiger partial charge in [0.25, 0.3) is 0 Å². The lowest BCUT2D eigenvalue weighted by Gasteiger charge is -2.15. The summed E-state index contributed by atoms with van der Waals surface area (Å²) in [5.41, 5.74) is 1.97. The molecule has 1 atom stereocenters. The van der Waals surface area contributed by atoms with Crippen LogP contribution >= 0.6 is 11.8 Å². The monoisotopic (exact) mass is 286 g/mol. The van der Waals surface area contributed by atoms with Gasteiger partial charge in [-0.2, -0.15) is 0 Å². The molecule has 0 saturated heterocycles. The zero-order chi connectivity index (χ0) is 14.4. The van der Waals surface area contributed by atoms with Crippen LogP contribution in [0, 0.1) is 6.92 Å². The van der Waals surface area contributed by atoms with E-state index in [1.807, 2.05) is 61.5 Å². The number of benzene rings is 2. The maximum absolute atomic E-state index is 11.5. The van der Waals surface area contributed by atoms with Gasteiger partial charge in [-0.3, -0.25) is 4.79 Å². The maximum Gasteiger partial charge on any atom is 0.311 e. The van der Waals surface area contributed by atoms with Crippen molar-refractivity contribution in [2.24, 2.45) is 0 Å². The van der Waals surface area contributed by atoms with Crippen molar-refractivity contribution >= 4 is 17.7 Å². The highest BCUT2D eigenvalue weighted by Crippen LogP contribution is 2.27. The predicted molar refractivity (Wildman–Crippen MR) is 83.3 cm³/mol. The third kappa shape index (κ3) is 3.87. The molecular weight excluding hydrogens is 268 g/mol. The molecule has 2 aromatic rings. The summed E-state index contributed by atoms with van der Waals surface area (Å²) in [6.45, 7) is 1.97. The number of rotatable bonds is 6. The number of aliphatic carboxylic acids is 1. The van der Waals surface area contributed by atoms with Crippen LogP contribution in [0.2, 0.25) is 0 Å². The van der Waals surface area contributed by atoms with E-state index in [0.717, 1.165) is 16.9 Å². The van der Waals surface area contributed by atoms with Crippen molar-refractivity contribution in [3.05, 3.63) is 65.7 Å². The summed E-state index contributed by atoms with van der Waals surface area (Å²) < 4.78 is 0. The zero-order valence-electron chi connectivity index (χ0n) is 11.5. The quantitative estimate of drug-likeness (QED) is 0.802. The molecule has 0 aliphatic carbocycles. The Morgan fingerprint density at radius 1 is 1.10 bits per heavy atom. The van der Waals surface area contributed by atoms with E-state index in [1.165, 1.54) is 4.90 Å². The molecular formula is C17H18O2S. The highest BCUT2D eigenvalue weighted by atomic mass is 32.2. The number of aryl methyl sites for hydroxylation is 1. The van der Waals surface area contributed by atoms with Crippen LogP contribution in [-0.4, -0.2) is 16.8 Å². The molecule has 2 nitrogen and oxygen atoms in total. The van der Waals surface area contributed by atoms with Crippen molar-refractivity contribution in [3.63, 3.8) is 0 Å². The molecule has 0 aliphatic heterocycles. The fraction of sp³-hybridized carbons (Fsp3) is 0.235. The van der Waals surface area contributed by atoms with Gasteiger partial charge >= 0.3 is 5.97 Å². The first kappa shape index (κ1) is 14.7. The van der Waals surface area contributed by atoms with Gasteiger partial charge in [-0.25, -0.2) is 0 Å². The molecule has 3 heteroatoms. The summed E-state index contributed by atoms with van der Waals surface area (Å²) in [7, 11) is 0. The van der Waals surface area contributed by atoms with Crippen molar-refractivity contribution in [1.82, 2.24) is 0 Å². The molecule has 1 N–H and O–H groups in total. The van der Waals surface area contributed by atoms with Gasteiger partial charge in [-0.1, -0.05) is 42.5 Å². The van der Waals surface area contributed by atoms with Gasteiger partial charge in [0, 0.05) is 4.90 Å². The van der Waals surface area contributed by atoms with Gasteiger partial charge in [0.1, 0.15) is 0 Å². The minimum Gasteiger partial charge on any atom is -0.481 e. The number of thioether (sulfide) groups is 1. The minimum atomic E-state index is -0.743. The standard InChI is InChI=1S/C17H18O2S/c1-13-7-5-6-10-15(13)16(17(18)19)11-12-20-14-8-3-2-4-9-14/h2-10,16H,11-12H2,1H3,(H,18,19). The van der Waals surface area contributed by atoms with Crippen LogP contribution in [0.25, 0.3) is 0 Å². The molecule has 20 heavy (non-hydrogen) atoms. The third-order valence-electron chi connectivity index (χ3n) is 3.28.